The summed E-state index contributed by atoms with van der Waals surface area (Å²) in [6, 6.07) is 6.61. The topological polar surface area (TPSA) is 42.1 Å². The lowest BCUT2D eigenvalue weighted by atomic mass is 10.2. The number of fused-ring (bicyclic) bond motifs is 1. The zero-order chi connectivity index (χ0) is 10.1. The summed E-state index contributed by atoms with van der Waals surface area (Å²) in [7, 11) is 1.54. The van der Waals surface area contributed by atoms with E-state index in [1.165, 1.54) is 13.2 Å². The molecule has 0 atom stereocenters. The Kier molecular flexibility index (Phi) is 2.17. The zero-order valence-electron chi connectivity index (χ0n) is 7.50. The Labute approximate surface area is 85.3 Å². The summed E-state index contributed by atoms with van der Waals surface area (Å²) in [6.45, 7) is 0. The third-order valence-corrected chi connectivity index (χ3v) is 2.20. The second-order valence-corrected chi connectivity index (χ2v) is 3.33. The number of pyridine rings is 1. The average molecular weight is 210 g/mol. The van der Waals surface area contributed by atoms with Gasteiger partial charge in [-0.1, -0.05) is 11.6 Å². The smallest absolute Gasteiger partial charge is 0.248 e. The van der Waals surface area contributed by atoms with E-state index in [0.29, 0.717) is 16.3 Å². The maximum absolute atomic E-state index is 11.1. The minimum absolute atomic E-state index is 0.155. The van der Waals surface area contributed by atoms with Crippen LogP contribution in [0.25, 0.3) is 10.9 Å². The van der Waals surface area contributed by atoms with Crippen molar-refractivity contribution < 1.29 is 4.74 Å². The Bertz CT molecular complexity index is 533. The second kappa shape index (κ2) is 3.35. The van der Waals surface area contributed by atoms with Gasteiger partial charge in [-0.15, -0.1) is 0 Å². The van der Waals surface area contributed by atoms with Crippen molar-refractivity contribution in [3.8, 4) is 5.75 Å². The minimum Gasteiger partial charge on any atom is -0.494 e. The van der Waals surface area contributed by atoms with Crippen LogP contribution in [0.4, 0.5) is 0 Å². The lowest BCUT2D eigenvalue weighted by molar-refractivity contribution is 0.419. The predicted octanol–water partition coefficient (Wildman–Crippen LogP) is 2.19. The molecule has 0 aliphatic rings. The van der Waals surface area contributed by atoms with Gasteiger partial charge in [-0.2, -0.15) is 0 Å². The fourth-order valence-corrected chi connectivity index (χ4v) is 1.58. The molecule has 0 spiro atoms. The molecule has 3 nitrogen and oxygen atoms in total. The molecule has 4 heteroatoms. The van der Waals surface area contributed by atoms with Crippen LogP contribution < -0.4 is 10.3 Å². The first-order valence-corrected chi connectivity index (χ1v) is 4.45. The van der Waals surface area contributed by atoms with Crippen LogP contribution in [0.3, 0.4) is 0 Å². The number of rotatable bonds is 1. The van der Waals surface area contributed by atoms with Gasteiger partial charge in [-0.05, 0) is 12.1 Å². The van der Waals surface area contributed by atoms with Gasteiger partial charge in [0.05, 0.1) is 12.6 Å². The Hall–Kier alpha value is -1.48. The first-order chi connectivity index (χ1) is 6.70. The van der Waals surface area contributed by atoms with Crippen molar-refractivity contribution in [2.45, 2.75) is 0 Å². The highest BCUT2D eigenvalue weighted by atomic mass is 35.5. The quantitative estimate of drug-likeness (QED) is 0.782. The van der Waals surface area contributed by atoms with E-state index in [2.05, 4.69) is 4.98 Å². The van der Waals surface area contributed by atoms with Gasteiger partial charge in [-0.3, -0.25) is 4.79 Å². The van der Waals surface area contributed by atoms with Gasteiger partial charge in [0, 0.05) is 22.5 Å². The van der Waals surface area contributed by atoms with Crippen LogP contribution in [0.2, 0.25) is 5.02 Å². The van der Waals surface area contributed by atoms with E-state index in [9.17, 15) is 4.79 Å². The number of aromatic amines is 1. The molecule has 0 saturated heterocycles. The summed E-state index contributed by atoms with van der Waals surface area (Å²) < 4.78 is 5.11. The number of nitrogens with one attached hydrogen (secondary N) is 1. The molecule has 1 N–H and O–H groups in total. The summed E-state index contributed by atoms with van der Waals surface area (Å²) in [5, 5.41) is 1.44. The SMILES string of the molecule is COc1cc(Cl)cc2ccc(=O)[nH]c12. The molecular weight excluding hydrogens is 202 g/mol. The van der Waals surface area contributed by atoms with E-state index in [1.807, 2.05) is 0 Å². The monoisotopic (exact) mass is 209 g/mol. The van der Waals surface area contributed by atoms with Gasteiger partial charge in [0.2, 0.25) is 5.56 Å². The molecule has 1 heterocycles. The molecule has 2 aromatic rings. The number of hydrogen-bond acceptors (Lipinski definition) is 2. The second-order valence-electron chi connectivity index (χ2n) is 2.89. The number of benzene rings is 1. The molecular formula is C10H8ClNO2. The summed E-state index contributed by atoms with van der Waals surface area (Å²) in [5.74, 6) is 0.574. The Morgan fingerprint density at radius 1 is 1.36 bits per heavy atom. The largest absolute Gasteiger partial charge is 0.494 e. The first kappa shape index (κ1) is 9.09. The molecule has 14 heavy (non-hydrogen) atoms. The van der Waals surface area contributed by atoms with Crippen LogP contribution in [0.5, 0.6) is 5.75 Å². The van der Waals surface area contributed by atoms with Crippen LogP contribution in [0.1, 0.15) is 0 Å². The number of hydrogen-bond donors (Lipinski definition) is 1. The van der Waals surface area contributed by atoms with Gasteiger partial charge in [0.15, 0.2) is 0 Å². The van der Waals surface area contributed by atoms with Gasteiger partial charge in [-0.25, -0.2) is 0 Å². The standard InChI is InChI=1S/C10H8ClNO2/c1-14-8-5-7(11)4-6-2-3-9(13)12-10(6)8/h2-5H,1H3,(H,12,13). The van der Waals surface area contributed by atoms with Gasteiger partial charge in [0.25, 0.3) is 0 Å². The van der Waals surface area contributed by atoms with Crippen molar-refractivity contribution >= 4 is 22.5 Å². The fourth-order valence-electron chi connectivity index (χ4n) is 1.36. The minimum atomic E-state index is -0.155. The van der Waals surface area contributed by atoms with Crippen LogP contribution >= 0.6 is 11.6 Å². The van der Waals surface area contributed by atoms with E-state index in [-0.39, 0.29) is 5.56 Å². The maximum Gasteiger partial charge on any atom is 0.248 e. The molecule has 72 valence electrons. The predicted molar refractivity (Wildman–Crippen MR) is 56.1 cm³/mol. The molecule has 1 aromatic heterocycles. The van der Waals surface area contributed by atoms with E-state index in [1.54, 1.807) is 18.2 Å². The number of methoxy groups -OCH3 is 1. The van der Waals surface area contributed by atoms with E-state index in [0.717, 1.165) is 5.39 Å². The molecule has 0 aliphatic heterocycles. The normalized spacial score (nSPS) is 10.4. The lowest BCUT2D eigenvalue weighted by Crippen LogP contribution is -2.03. The summed E-state index contributed by atoms with van der Waals surface area (Å²) in [5.41, 5.74) is 0.516. The molecule has 0 fully saturated rings. The van der Waals surface area contributed by atoms with Crippen molar-refractivity contribution in [2.75, 3.05) is 7.11 Å². The van der Waals surface area contributed by atoms with E-state index in [4.69, 9.17) is 16.3 Å². The molecule has 2 rings (SSSR count). The van der Waals surface area contributed by atoms with Gasteiger partial charge >= 0.3 is 0 Å². The zero-order valence-corrected chi connectivity index (χ0v) is 8.26. The van der Waals surface area contributed by atoms with Crippen LogP contribution in [-0.4, -0.2) is 12.1 Å². The maximum atomic E-state index is 11.1. The first-order valence-electron chi connectivity index (χ1n) is 4.07. The van der Waals surface area contributed by atoms with Crippen molar-refractivity contribution in [3.05, 3.63) is 39.6 Å². The van der Waals surface area contributed by atoms with Crippen LogP contribution in [-0.2, 0) is 0 Å². The number of ether oxygens (including phenoxy) is 1. The summed E-state index contributed by atoms with van der Waals surface area (Å²) in [4.78, 5) is 13.8. The van der Waals surface area contributed by atoms with Gasteiger partial charge < -0.3 is 9.72 Å². The molecule has 0 aliphatic carbocycles. The molecule has 0 unspecified atom stereocenters. The summed E-state index contributed by atoms with van der Waals surface area (Å²) >= 11 is 5.87. The number of aromatic nitrogens is 1. The third-order valence-electron chi connectivity index (χ3n) is 1.98. The highest BCUT2D eigenvalue weighted by Crippen LogP contribution is 2.26. The Morgan fingerprint density at radius 3 is 2.86 bits per heavy atom. The highest BCUT2D eigenvalue weighted by molar-refractivity contribution is 6.31. The average Bonchev–Trinajstić information content (AvgIpc) is 2.17. The van der Waals surface area contributed by atoms with Crippen molar-refractivity contribution in [1.29, 1.82) is 0 Å². The lowest BCUT2D eigenvalue weighted by Gasteiger charge is -2.05. The Balaban J connectivity index is 2.88. The molecule has 1 aromatic carbocycles. The summed E-state index contributed by atoms with van der Waals surface area (Å²) in [6.07, 6.45) is 0. The van der Waals surface area contributed by atoms with E-state index >= 15 is 0 Å². The van der Waals surface area contributed by atoms with Crippen molar-refractivity contribution in [2.24, 2.45) is 0 Å². The molecule has 0 saturated carbocycles. The van der Waals surface area contributed by atoms with Crippen LogP contribution in [0, 0.1) is 0 Å². The number of halogens is 1. The molecule has 0 amide bonds. The van der Waals surface area contributed by atoms with Gasteiger partial charge in [0.1, 0.15) is 5.75 Å². The fraction of sp³-hybridized carbons (Fsp3) is 0.100. The number of H-pyrrole nitrogens is 1. The van der Waals surface area contributed by atoms with Crippen LogP contribution in [0.15, 0.2) is 29.1 Å². The Morgan fingerprint density at radius 2 is 2.14 bits per heavy atom. The van der Waals surface area contributed by atoms with E-state index < -0.39 is 0 Å². The van der Waals surface area contributed by atoms with Crippen molar-refractivity contribution in [3.63, 3.8) is 0 Å². The third kappa shape index (κ3) is 1.46. The molecule has 0 radical (unpaired) electrons. The molecule has 0 bridgehead atoms. The van der Waals surface area contributed by atoms with Crippen molar-refractivity contribution in [1.82, 2.24) is 4.98 Å². The highest BCUT2D eigenvalue weighted by Gasteiger charge is 2.03.